The molecule has 7 nitrogen and oxygen atoms in total. The summed E-state index contributed by atoms with van der Waals surface area (Å²) in [6, 6.07) is -0.671. The Bertz CT molecular complexity index is 591. The zero-order valence-electron chi connectivity index (χ0n) is 12.5. The largest absolute Gasteiger partial charge is 0.477 e. The van der Waals surface area contributed by atoms with Gasteiger partial charge in [-0.25, -0.2) is 9.59 Å². The molecule has 0 spiro atoms. The van der Waals surface area contributed by atoms with Crippen LogP contribution in [-0.4, -0.2) is 50.6 Å². The molecular formula is C14H18N2O5S. The maximum absolute atomic E-state index is 11.8. The number of carbonyl (C=O) groups is 3. The highest BCUT2D eigenvalue weighted by molar-refractivity contribution is 8.00. The number of hydrogen-bond acceptors (Lipinski definition) is 6. The second kappa shape index (κ2) is 5.77. The third-order valence-corrected chi connectivity index (χ3v) is 4.39. The minimum Gasteiger partial charge on any atom is -0.477 e. The molecule has 2 aliphatic heterocycles. The Kier molecular flexibility index (Phi) is 4.35. The average molecular weight is 326 g/mol. The van der Waals surface area contributed by atoms with Crippen molar-refractivity contribution in [2.45, 2.75) is 37.8 Å². The van der Waals surface area contributed by atoms with E-state index in [-0.39, 0.29) is 11.1 Å². The number of esters is 1. The normalized spacial score (nSPS) is 25.1. The fraction of sp³-hybridized carbons (Fsp3) is 0.500. The number of nitrogens with zero attached hydrogens (tertiary/aromatic N) is 1. The number of rotatable bonds is 3. The lowest BCUT2D eigenvalue weighted by molar-refractivity contribution is -0.148. The maximum atomic E-state index is 11.8. The van der Waals surface area contributed by atoms with Crippen molar-refractivity contribution in [2.75, 3.05) is 5.75 Å². The van der Waals surface area contributed by atoms with E-state index in [1.54, 1.807) is 20.8 Å². The highest BCUT2D eigenvalue weighted by atomic mass is 32.2. The lowest BCUT2D eigenvalue weighted by Crippen LogP contribution is -2.68. The number of amides is 1. The van der Waals surface area contributed by atoms with Gasteiger partial charge in [0.1, 0.15) is 22.7 Å². The van der Waals surface area contributed by atoms with E-state index in [9.17, 15) is 19.5 Å². The molecule has 0 aromatic heterocycles. The summed E-state index contributed by atoms with van der Waals surface area (Å²) >= 11 is 1.37. The lowest BCUT2D eigenvalue weighted by atomic mass is 10.0. The fourth-order valence-electron chi connectivity index (χ4n) is 2.17. The summed E-state index contributed by atoms with van der Waals surface area (Å²) in [5.74, 6) is -1.83. The van der Waals surface area contributed by atoms with Crippen molar-refractivity contribution in [3.05, 3.63) is 23.4 Å². The third-order valence-electron chi connectivity index (χ3n) is 3.07. The van der Waals surface area contributed by atoms with Crippen LogP contribution in [0.5, 0.6) is 0 Å². The SMILES string of the molecule is CC(C)(C)OC(=O)/C=C/C1=C(C(=O)O)N2C(=O)C(N)C2SC1. The number of carboxylic acid groups (broad SMARTS) is 1. The molecule has 1 saturated heterocycles. The van der Waals surface area contributed by atoms with E-state index in [0.717, 1.165) is 0 Å². The highest BCUT2D eigenvalue weighted by Crippen LogP contribution is 2.39. The summed E-state index contributed by atoms with van der Waals surface area (Å²) in [7, 11) is 0. The van der Waals surface area contributed by atoms with E-state index in [1.807, 2.05) is 0 Å². The van der Waals surface area contributed by atoms with Crippen LogP contribution in [0.15, 0.2) is 23.4 Å². The topological polar surface area (TPSA) is 110 Å². The summed E-state index contributed by atoms with van der Waals surface area (Å²) in [5.41, 5.74) is 5.30. The molecule has 3 N–H and O–H groups in total. The van der Waals surface area contributed by atoms with Crippen LogP contribution in [0.3, 0.4) is 0 Å². The van der Waals surface area contributed by atoms with Gasteiger partial charge >= 0.3 is 11.9 Å². The zero-order valence-corrected chi connectivity index (χ0v) is 13.3. The quantitative estimate of drug-likeness (QED) is 0.440. The van der Waals surface area contributed by atoms with Gasteiger partial charge in [0.25, 0.3) is 0 Å². The second-order valence-electron chi connectivity index (χ2n) is 5.98. The van der Waals surface area contributed by atoms with Crippen molar-refractivity contribution in [1.82, 2.24) is 4.90 Å². The molecular weight excluding hydrogens is 308 g/mol. The second-order valence-corrected chi connectivity index (χ2v) is 7.09. The minimum atomic E-state index is -1.21. The number of aliphatic carboxylic acids is 1. The Morgan fingerprint density at radius 2 is 2.09 bits per heavy atom. The Morgan fingerprint density at radius 1 is 1.45 bits per heavy atom. The molecule has 2 heterocycles. The van der Waals surface area contributed by atoms with Crippen LogP contribution in [0.25, 0.3) is 0 Å². The van der Waals surface area contributed by atoms with Crippen molar-refractivity contribution < 1.29 is 24.2 Å². The van der Waals surface area contributed by atoms with Gasteiger partial charge < -0.3 is 15.6 Å². The van der Waals surface area contributed by atoms with Gasteiger partial charge in [-0.15, -0.1) is 11.8 Å². The summed E-state index contributed by atoms with van der Waals surface area (Å²) in [6.07, 6.45) is 2.56. The number of hydrogen-bond donors (Lipinski definition) is 2. The van der Waals surface area contributed by atoms with Crippen molar-refractivity contribution >= 4 is 29.6 Å². The number of β-lactam (4-membered cyclic amide) rings is 1. The number of nitrogens with two attached hydrogens (primary N) is 1. The molecule has 2 rings (SSSR count). The summed E-state index contributed by atoms with van der Waals surface area (Å²) in [6.45, 7) is 5.21. The van der Waals surface area contributed by atoms with Crippen molar-refractivity contribution in [3.8, 4) is 0 Å². The predicted octanol–water partition coefficient (Wildman–Crippen LogP) is 0.465. The van der Waals surface area contributed by atoms with Gasteiger partial charge in [-0.3, -0.25) is 9.69 Å². The van der Waals surface area contributed by atoms with Crippen molar-refractivity contribution in [3.63, 3.8) is 0 Å². The van der Waals surface area contributed by atoms with Crippen LogP contribution in [0.4, 0.5) is 0 Å². The lowest BCUT2D eigenvalue weighted by Gasteiger charge is -2.47. The van der Waals surface area contributed by atoms with Crippen LogP contribution < -0.4 is 5.73 Å². The summed E-state index contributed by atoms with van der Waals surface area (Å²) < 4.78 is 5.12. The molecule has 120 valence electrons. The van der Waals surface area contributed by atoms with Gasteiger partial charge in [0, 0.05) is 11.8 Å². The zero-order chi connectivity index (χ0) is 16.7. The molecule has 0 aromatic rings. The van der Waals surface area contributed by atoms with E-state index < -0.39 is 29.5 Å². The summed E-state index contributed by atoms with van der Waals surface area (Å²) in [5, 5.41) is 8.98. The third kappa shape index (κ3) is 3.17. The number of ether oxygens (including phenoxy) is 1. The Morgan fingerprint density at radius 3 is 2.64 bits per heavy atom. The molecule has 2 atom stereocenters. The van der Waals surface area contributed by atoms with Gasteiger partial charge in [-0.05, 0) is 32.4 Å². The molecule has 0 saturated carbocycles. The van der Waals surface area contributed by atoms with Gasteiger partial charge in [0.2, 0.25) is 5.91 Å². The predicted molar refractivity (Wildman–Crippen MR) is 80.7 cm³/mol. The maximum Gasteiger partial charge on any atom is 0.352 e. The average Bonchev–Trinajstić information content (AvgIpc) is 2.41. The van der Waals surface area contributed by atoms with E-state index in [2.05, 4.69) is 0 Å². The Hall–Kier alpha value is -1.80. The van der Waals surface area contributed by atoms with Crippen LogP contribution in [0, 0.1) is 0 Å². The van der Waals surface area contributed by atoms with Crippen LogP contribution in [0.1, 0.15) is 20.8 Å². The van der Waals surface area contributed by atoms with Crippen molar-refractivity contribution in [1.29, 1.82) is 0 Å². The monoisotopic (exact) mass is 326 g/mol. The first kappa shape index (κ1) is 16.6. The number of fused-ring (bicyclic) bond motifs is 1. The van der Waals surface area contributed by atoms with E-state index in [1.165, 1.54) is 28.8 Å². The van der Waals surface area contributed by atoms with Gasteiger partial charge in [-0.1, -0.05) is 0 Å². The number of allylic oxidation sites excluding steroid dienone is 1. The van der Waals surface area contributed by atoms with E-state index >= 15 is 0 Å². The molecule has 0 bridgehead atoms. The highest BCUT2D eigenvalue weighted by Gasteiger charge is 2.51. The Balaban J connectivity index is 2.22. The molecule has 1 amide bonds. The van der Waals surface area contributed by atoms with Gasteiger partial charge in [0.05, 0.1) is 0 Å². The molecule has 0 aliphatic carbocycles. The number of thioether (sulfide) groups is 1. The van der Waals surface area contributed by atoms with Crippen LogP contribution >= 0.6 is 11.8 Å². The van der Waals surface area contributed by atoms with Crippen molar-refractivity contribution in [2.24, 2.45) is 5.73 Å². The molecule has 8 heteroatoms. The first-order valence-electron chi connectivity index (χ1n) is 6.69. The summed E-state index contributed by atoms with van der Waals surface area (Å²) in [4.78, 5) is 36.0. The van der Waals surface area contributed by atoms with Crippen LogP contribution in [0.2, 0.25) is 0 Å². The molecule has 1 fully saturated rings. The minimum absolute atomic E-state index is 0.116. The molecule has 2 aliphatic rings. The fourth-order valence-corrected chi connectivity index (χ4v) is 3.44. The molecule has 22 heavy (non-hydrogen) atoms. The van der Waals surface area contributed by atoms with Gasteiger partial charge in [0.15, 0.2) is 0 Å². The first-order chi connectivity index (χ1) is 10.1. The number of carboxylic acids is 1. The Labute approximate surface area is 132 Å². The van der Waals surface area contributed by atoms with Gasteiger partial charge in [-0.2, -0.15) is 0 Å². The van der Waals surface area contributed by atoms with E-state index in [0.29, 0.717) is 11.3 Å². The molecule has 2 unspecified atom stereocenters. The van der Waals surface area contributed by atoms with Crippen LogP contribution in [-0.2, 0) is 19.1 Å². The standard InChI is InChI=1S/C14H18N2O5S/c1-14(2,3)21-8(17)5-4-7-6-22-12-9(15)11(18)16(12)10(7)13(19)20/h4-5,9,12H,6,15H2,1-3H3,(H,19,20)/b5-4+. The smallest absolute Gasteiger partial charge is 0.352 e. The first-order valence-corrected chi connectivity index (χ1v) is 7.74. The molecule has 0 radical (unpaired) electrons. The molecule has 0 aromatic carbocycles. The number of carbonyl (C=O) groups excluding carboxylic acids is 2. The van der Waals surface area contributed by atoms with E-state index in [4.69, 9.17) is 10.5 Å².